The number of halogens is 3. The van der Waals surface area contributed by atoms with E-state index in [0.29, 0.717) is 13.1 Å². The predicted molar refractivity (Wildman–Crippen MR) is 82.2 cm³/mol. The van der Waals surface area contributed by atoms with Crippen LogP contribution in [0.25, 0.3) is 0 Å². The summed E-state index contributed by atoms with van der Waals surface area (Å²) in [6, 6.07) is 0. The topological polar surface area (TPSA) is 59.1 Å². The Kier molecular flexibility index (Phi) is 5.34. The van der Waals surface area contributed by atoms with Crippen molar-refractivity contribution >= 4 is 0 Å². The van der Waals surface area contributed by atoms with Crippen LogP contribution < -0.4 is 0 Å². The molecule has 2 heterocycles. The van der Waals surface area contributed by atoms with Gasteiger partial charge in [-0.05, 0) is 20.9 Å². The highest BCUT2D eigenvalue weighted by molar-refractivity contribution is 5.25. The van der Waals surface area contributed by atoms with Crippen molar-refractivity contribution in [2.24, 2.45) is 7.05 Å². The largest absolute Gasteiger partial charge is 0.435 e. The van der Waals surface area contributed by atoms with Crippen molar-refractivity contribution in [3.05, 3.63) is 34.4 Å². The molecule has 0 atom stereocenters. The molecule has 2 aromatic rings. The highest BCUT2D eigenvalue weighted by atomic mass is 19.4. The molecule has 0 aliphatic carbocycles. The Hall–Kier alpha value is -1.87. The van der Waals surface area contributed by atoms with Gasteiger partial charge in [0.15, 0.2) is 5.69 Å². The molecule has 24 heavy (non-hydrogen) atoms. The van der Waals surface area contributed by atoms with Crippen molar-refractivity contribution in [1.29, 1.82) is 0 Å². The molecule has 0 aliphatic heterocycles. The van der Waals surface area contributed by atoms with Gasteiger partial charge in [-0.15, -0.1) is 0 Å². The Labute approximate surface area is 138 Å². The summed E-state index contributed by atoms with van der Waals surface area (Å²) in [5.74, 6) is 0. The number of rotatable bonds is 6. The highest BCUT2D eigenvalue weighted by Gasteiger charge is 2.37. The number of aliphatic hydroxyl groups is 1. The number of hydrogen-bond acceptors (Lipinski definition) is 4. The van der Waals surface area contributed by atoms with Gasteiger partial charge in [0.1, 0.15) is 0 Å². The van der Waals surface area contributed by atoms with Gasteiger partial charge in [0.05, 0.1) is 18.8 Å². The van der Waals surface area contributed by atoms with Crippen molar-refractivity contribution in [3.63, 3.8) is 0 Å². The molecule has 0 spiro atoms. The third-order valence-corrected chi connectivity index (χ3v) is 3.88. The maximum atomic E-state index is 13.0. The molecule has 134 valence electrons. The van der Waals surface area contributed by atoms with Crippen LogP contribution in [0.2, 0.25) is 0 Å². The van der Waals surface area contributed by atoms with E-state index in [4.69, 9.17) is 5.11 Å². The predicted octanol–water partition coefficient (Wildman–Crippen LogP) is 1.88. The van der Waals surface area contributed by atoms with Crippen molar-refractivity contribution in [2.45, 2.75) is 39.7 Å². The fourth-order valence-corrected chi connectivity index (χ4v) is 2.78. The third kappa shape index (κ3) is 3.96. The molecule has 0 unspecified atom stereocenters. The van der Waals surface area contributed by atoms with E-state index in [2.05, 4.69) is 10.2 Å². The zero-order chi connectivity index (χ0) is 18.1. The zero-order valence-electron chi connectivity index (χ0n) is 14.2. The van der Waals surface area contributed by atoms with Crippen LogP contribution in [0.1, 0.15) is 28.2 Å². The SMILES string of the molecule is Cc1nn(CCO)c(C)c1CN(C)Cc1cn(C)nc1C(F)(F)F. The summed E-state index contributed by atoms with van der Waals surface area (Å²) in [5, 5.41) is 16.9. The van der Waals surface area contributed by atoms with Crippen LogP contribution >= 0.6 is 0 Å². The number of aliphatic hydroxyl groups excluding tert-OH is 1. The number of aryl methyl sites for hydroxylation is 2. The summed E-state index contributed by atoms with van der Waals surface area (Å²) in [5.41, 5.74) is 1.99. The fourth-order valence-electron chi connectivity index (χ4n) is 2.78. The molecule has 0 radical (unpaired) electrons. The zero-order valence-corrected chi connectivity index (χ0v) is 14.2. The van der Waals surface area contributed by atoms with Crippen LogP contribution in [-0.4, -0.2) is 43.2 Å². The molecule has 2 aromatic heterocycles. The quantitative estimate of drug-likeness (QED) is 0.868. The molecule has 9 heteroatoms. The van der Waals surface area contributed by atoms with Gasteiger partial charge in [0.25, 0.3) is 0 Å². The first-order chi connectivity index (χ1) is 11.1. The van der Waals surface area contributed by atoms with Crippen molar-refractivity contribution in [1.82, 2.24) is 24.5 Å². The molecule has 0 saturated carbocycles. The summed E-state index contributed by atoms with van der Waals surface area (Å²) in [6.45, 7) is 4.74. The maximum absolute atomic E-state index is 13.0. The van der Waals surface area contributed by atoms with Crippen molar-refractivity contribution in [3.8, 4) is 0 Å². The maximum Gasteiger partial charge on any atom is 0.435 e. The third-order valence-electron chi connectivity index (χ3n) is 3.88. The molecule has 2 rings (SSSR count). The van der Waals surface area contributed by atoms with Crippen LogP contribution in [0.15, 0.2) is 6.20 Å². The average molecular weight is 345 g/mol. The Bertz CT molecular complexity index is 705. The second-order valence-corrected chi connectivity index (χ2v) is 5.94. The van der Waals surface area contributed by atoms with Crippen LogP contribution in [0.3, 0.4) is 0 Å². The molecule has 0 amide bonds. The molecule has 0 saturated heterocycles. The minimum Gasteiger partial charge on any atom is -0.394 e. The lowest BCUT2D eigenvalue weighted by molar-refractivity contribution is -0.142. The normalized spacial score (nSPS) is 12.4. The molecule has 1 N–H and O–H groups in total. The van der Waals surface area contributed by atoms with Crippen molar-refractivity contribution in [2.75, 3.05) is 13.7 Å². The minimum absolute atomic E-state index is 0.0120. The molecule has 0 aromatic carbocycles. The summed E-state index contributed by atoms with van der Waals surface area (Å²) < 4.78 is 42.0. The minimum atomic E-state index is -4.46. The smallest absolute Gasteiger partial charge is 0.394 e. The van der Waals surface area contributed by atoms with Gasteiger partial charge in [-0.1, -0.05) is 0 Å². The van der Waals surface area contributed by atoms with Crippen LogP contribution in [0.4, 0.5) is 13.2 Å². The van der Waals surface area contributed by atoms with Crippen LogP contribution in [-0.2, 0) is 32.9 Å². The van der Waals surface area contributed by atoms with E-state index in [1.54, 1.807) is 16.6 Å². The Morgan fingerprint density at radius 2 is 1.88 bits per heavy atom. The first-order valence-electron chi connectivity index (χ1n) is 7.55. The lowest BCUT2D eigenvalue weighted by Gasteiger charge is -2.17. The summed E-state index contributed by atoms with van der Waals surface area (Å²) in [7, 11) is 3.24. The number of aromatic nitrogens is 4. The standard InChI is InChI=1S/C15H22F3N5O/c1-10-13(11(2)23(19-10)5-6-24)9-21(3)7-12-8-22(4)20-14(12)15(16,17)18/h8,24H,5-7,9H2,1-4H3. The molecule has 0 aliphatic rings. The van der Waals surface area contributed by atoms with Crippen LogP contribution in [0, 0.1) is 13.8 Å². The van der Waals surface area contributed by atoms with E-state index in [1.807, 2.05) is 13.8 Å². The molecule has 6 nitrogen and oxygen atoms in total. The Morgan fingerprint density at radius 3 is 2.46 bits per heavy atom. The second kappa shape index (κ2) is 6.94. The van der Waals surface area contributed by atoms with Gasteiger partial charge < -0.3 is 5.11 Å². The summed E-state index contributed by atoms with van der Waals surface area (Å²) >= 11 is 0. The molecular weight excluding hydrogens is 323 g/mol. The van der Waals surface area contributed by atoms with E-state index in [0.717, 1.165) is 17.0 Å². The molecule has 0 fully saturated rings. The van der Waals surface area contributed by atoms with Crippen LogP contribution in [0.5, 0.6) is 0 Å². The Balaban J connectivity index is 2.16. The van der Waals surface area contributed by atoms with E-state index >= 15 is 0 Å². The second-order valence-electron chi connectivity index (χ2n) is 5.94. The van der Waals surface area contributed by atoms with Crippen molar-refractivity contribution < 1.29 is 18.3 Å². The van der Waals surface area contributed by atoms with E-state index < -0.39 is 11.9 Å². The van der Waals surface area contributed by atoms with Gasteiger partial charge >= 0.3 is 6.18 Å². The van der Waals surface area contributed by atoms with E-state index in [1.165, 1.54) is 17.9 Å². The van der Waals surface area contributed by atoms with E-state index in [9.17, 15) is 13.2 Å². The van der Waals surface area contributed by atoms with Gasteiger partial charge in [0.2, 0.25) is 0 Å². The molecule has 0 bridgehead atoms. The lowest BCUT2D eigenvalue weighted by Crippen LogP contribution is -2.20. The van der Waals surface area contributed by atoms with Gasteiger partial charge in [-0.3, -0.25) is 14.3 Å². The Morgan fingerprint density at radius 1 is 1.21 bits per heavy atom. The van der Waals surface area contributed by atoms with Gasteiger partial charge in [0, 0.05) is 43.2 Å². The number of hydrogen-bond donors (Lipinski definition) is 1. The first-order valence-corrected chi connectivity index (χ1v) is 7.55. The average Bonchev–Trinajstić information content (AvgIpc) is 2.94. The summed E-state index contributed by atoms with van der Waals surface area (Å²) in [6.07, 6.45) is -3.07. The van der Waals surface area contributed by atoms with E-state index in [-0.39, 0.29) is 18.7 Å². The van der Waals surface area contributed by atoms with Gasteiger partial charge in [-0.2, -0.15) is 23.4 Å². The van der Waals surface area contributed by atoms with Gasteiger partial charge in [-0.25, -0.2) is 0 Å². The first kappa shape index (κ1) is 18.5. The number of alkyl halides is 3. The molecular formula is C15H22F3N5O. The summed E-state index contributed by atoms with van der Waals surface area (Å²) in [4.78, 5) is 1.80. The highest BCUT2D eigenvalue weighted by Crippen LogP contribution is 2.31. The lowest BCUT2D eigenvalue weighted by atomic mass is 10.1. The number of nitrogens with zero attached hydrogens (tertiary/aromatic N) is 5. The monoisotopic (exact) mass is 345 g/mol. The fraction of sp³-hybridized carbons (Fsp3) is 0.600.